The van der Waals surface area contributed by atoms with Gasteiger partial charge in [-0.1, -0.05) is 22.9 Å². The Morgan fingerprint density at radius 2 is 2.03 bits per heavy atom. The number of halogens is 1. The van der Waals surface area contributed by atoms with Gasteiger partial charge in [0.1, 0.15) is 17.0 Å². The first kappa shape index (κ1) is 19.9. The summed E-state index contributed by atoms with van der Waals surface area (Å²) in [5.41, 5.74) is 0.732. The van der Waals surface area contributed by atoms with Crippen molar-refractivity contribution in [3.05, 3.63) is 81.3 Å². The number of rotatable bonds is 6. The molecule has 8 nitrogen and oxygen atoms in total. The Hall–Kier alpha value is -3.43. The first-order valence-corrected chi connectivity index (χ1v) is 9.89. The third-order valence-corrected chi connectivity index (χ3v) is 5.90. The molecule has 0 saturated carbocycles. The van der Waals surface area contributed by atoms with Crippen LogP contribution in [0, 0.1) is 10.1 Å². The first-order valence-electron chi connectivity index (χ1n) is 8.69. The Balaban J connectivity index is 1.78. The van der Waals surface area contributed by atoms with E-state index in [1.807, 2.05) is 0 Å². The number of benzene rings is 2. The van der Waals surface area contributed by atoms with Gasteiger partial charge in [0.05, 0.1) is 34.6 Å². The van der Waals surface area contributed by atoms with Crippen molar-refractivity contribution in [2.75, 3.05) is 12.0 Å². The summed E-state index contributed by atoms with van der Waals surface area (Å²) < 4.78 is 11.5. The van der Waals surface area contributed by atoms with Gasteiger partial charge in [-0.15, -0.1) is 0 Å². The Kier molecular flexibility index (Phi) is 5.39. The minimum absolute atomic E-state index is 0.0966. The van der Waals surface area contributed by atoms with E-state index in [4.69, 9.17) is 20.8 Å². The van der Waals surface area contributed by atoms with E-state index in [1.165, 1.54) is 53.9 Å². The number of carbonyl (C=O) groups is 1. The number of anilines is 1. The highest BCUT2D eigenvalue weighted by Gasteiger charge is 2.25. The number of aromatic nitrogens is 1. The van der Waals surface area contributed by atoms with Crippen molar-refractivity contribution in [1.82, 2.24) is 4.98 Å². The van der Waals surface area contributed by atoms with Crippen molar-refractivity contribution >= 4 is 49.9 Å². The number of thiazole rings is 1. The number of non-ortho nitro benzene ring substituents is 1. The highest BCUT2D eigenvalue weighted by Crippen LogP contribution is 2.39. The molecule has 1 amide bonds. The molecular formula is C20H14ClN3O5S. The molecular weight excluding hydrogens is 430 g/mol. The molecule has 0 atom stereocenters. The van der Waals surface area contributed by atoms with Crippen molar-refractivity contribution in [2.45, 2.75) is 6.54 Å². The zero-order valence-electron chi connectivity index (χ0n) is 15.6. The van der Waals surface area contributed by atoms with Crippen LogP contribution < -0.4 is 9.64 Å². The second-order valence-corrected chi connectivity index (χ2v) is 7.58. The zero-order chi connectivity index (χ0) is 21.3. The van der Waals surface area contributed by atoms with Crippen molar-refractivity contribution in [2.24, 2.45) is 0 Å². The summed E-state index contributed by atoms with van der Waals surface area (Å²) in [6.07, 6.45) is 1.52. The molecule has 4 rings (SSSR count). The molecule has 0 radical (unpaired) electrons. The normalized spacial score (nSPS) is 10.9. The number of hydrogen-bond acceptors (Lipinski definition) is 7. The van der Waals surface area contributed by atoms with Crippen LogP contribution in [0.4, 0.5) is 10.8 Å². The standard InChI is InChI=1S/C20H14ClN3O5S/c1-28-16-9-8-15(21)18-17(16)22-20(30-18)23(11-14-3-2-10-29-14)19(25)12-4-6-13(7-5-12)24(26)27/h2-10H,11H2,1H3. The Labute approximate surface area is 179 Å². The number of methoxy groups -OCH3 is 1. The molecule has 0 saturated heterocycles. The van der Waals surface area contributed by atoms with Gasteiger partial charge < -0.3 is 9.15 Å². The maximum absolute atomic E-state index is 13.3. The number of nitro benzene ring substituents is 1. The predicted octanol–water partition coefficient (Wildman–Crippen LogP) is 5.31. The fourth-order valence-corrected chi connectivity index (χ4v) is 4.14. The molecule has 4 aromatic rings. The molecule has 0 bridgehead atoms. The fourth-order valence-electron chi connectivity index (χ4n) is 2.89. The van der Waals surface area contributed by atoms with Gasteiger partial charge in [0.25, 0.3) is 11.6 Å². The lowest BCUT2D eigenvalue weighted by molar-refractivity contribution is -0.384. The lowest BCUT2D eigenvalue weighted by atomic mass is 10.2. The van der Waals surface area contributed by atoms with Gasteiger partial charge in [-0.2, -0.15) is 0 Å². The van der Waals surface area contributed by atoms with Gasteiger partial charge in [-0.25, -0.2) is 4.98 Å². The monoisotopic (exact) mass is 443 g/mol. The summed E-state index contributed by atoms with van der Waals surface area (Å²) >= 11 is 7.57. The van der Waals surface area contributed by atoms with Crippen molar-refractivity contribution in [3.8, 4) is 5.75 Å². The topological polar surface area (TPSA) is 98.7 Å². The van der Waals surface area contributed by atoms with E-state index < -0.39 is 4.92 Å². The van der Waals surface area contributed by atoms with Gasteiger partial charge in [0.2, 0.25) is 0 Å². The molecule has 0 aliphatic rings. The Morgan fingerprint density at radius 1 is 1.27 bits per heavy atom. The molecule has 2 aromatic heterocycles. The summed E-state index contributed by atoms with van der Waals surface area (Å²) in [6.45, 7) is 0.128. The molecule has 10 heteroatoms. The van der Waals surface area contributed by atoms with E-state index in [0.29, 0.717) is 31.9 Å². The van der Waals surface area contributed by atoms with Crippen LogP contribution >= 0.6 is 22.9 Å². The molecule has 0 aliphatic heterocycles. The molecule has 0 spiro atoms. The number of carbonyl (C=O) groups excluding carboxylic acids is 1. The van der Waals surface area contributed by atoms with Crippen LogP contribution in [0.25, 0.3) is 10.2 Å². The summed E-state index contributed by atoms with van der Waals surface area (Å²) in [6, 6.07) is 12.3. The number of fused-ring (bicyclic) bond motifs is 1. The van der Waals surface area contributed by atoms with Crippen molar-refractivity contribution in [1.29, 1.82) is 0 Å². The quantitative estimate of drug-likeness (QED) is 0.296. The largest absolute Gasteiger partial charge is 0.494 e. The number of amides is 1. The summed E-state index contributed by atoms with van der Waals surface area (Å²) in [5, 5.41) is 11.8. The summed E-state index contributed by atoms with van der Waals surface area (Å²) in [7, 11) is 1.53. The smallest absolute Gasteiger partial charge is 0.269 e. The van der Waals surface area contributed by atoms with Crippen LogP contribution in [0.15, 0.2) is 59.2 Å². The van der Waals surface area contributed by atoms with Crippen LogP contribution in [0.2, 0.25) is 5.02 Å². The van der Waals surface area contributed by atoms with Gasteiger partial charge in [0.15, 0.2) is 5.13 Å². The lowest BCUT2D eigenvalue weighted by Crippen LogP contribution is -2.30. The molecule has 2 heterocycles. The van der Waals surface area contributed by atoms with Crippen LogP contribution in [-0.4, -0.2) is 22.9 Å². The summed E-state index contributed by atoms with van der Waals surface area (Å²) in [5.74, 6) is 0.718. The second kappa shape index (κ2) is 8.13. The zero-order valence-corrected chi connectivity index (χ0v) is 17.1. The molecule has 0 N–H and O–H groups in total. The van der Waals surface area contributed by atoms with E-state index in [-0.39, 0.29) is 23.7 Å². The van der Waals surface area contributed by atoms with E-state index in [0.717, 1.165) is 0 Å². The van der Waals surface area contributed by atoms with Crippen LogP contribution in [-0.2, 0) is 6.54 Å². The average molecular weight is 444 g/mol. The van der Waals surface area contributed by atoms with E-state index in [9.17, 15) is 14.9 Å². The number of hydrogen-bond donors (Lipinski definition) is 0. The Morgan fingerprint density at radius 3 is 2.67 bits per heavy atom. The molecule has 0 aliphatic carbocycles. The highest BCUT2D eigenvalue weighted by atomic mass is 35.5. The Bertz CT molecular complexity index is 1220. The minimum Gasteiger partial charge on any atom is -0.494 e. The number of furan rings is 1. The third-order valence-electron chi connectivity index (χ3n) is 4.36. The predicted molar refractivity (Wildman–Crippen MR) is 113 cm³/mol. The minimum atomic E-state index is -0.517. The molecule has 0 unspecified atom stereocenters. The SMILES string of the molecule is COc1ccc(Cl)c2sc(N(Cc3ccco3)C(=O)c3ccc([N+](=O)[O-])cc3)nc12. The van der Waals surface area contributed by atoms with Gasteiger partial charge in [-0.3, -0.25) is 19.8 Å². The van der Waals surface area contributed by atoms with Crippen LogP contribution in [0.3, 0.4) is 0 Å². The maximum atomic E-state index is 13.3. The average Bonchev–Trinajstić information content (AvgIpc) is 3.42. The van der Waals surface area contributed by atoms with Gasteiger partial charge >= 0.3 is 0 Å². The fraction of sp³-hybridized carbons (Fsp3) is 0.100. The second-order valence-electron chi connectivity index (χ2n) is 6.20. The molecule has 2 aromatic carbocycles. The third kappa shape index (κ3) is 3.72. The van der Waals surface area contributed by atoms with E-state index in [2.05, 4.69) is 4.98 Å². The van der Waals surface area contributed by atoms with Gasteiger partial charge in [-0.05, 0) is 36.4 Å². The van der Waals surface area contributed by atoms with Crippen molar-refractivity contribution < 1.29 is 18.9 Å². The van der Waals surface area contributed by atoms with Crippen molar-refractivity contribution in [3.63, 3.8) is 0 Å². The van der Waals surface area contributed by atoms with Crippen LogP contribution in [0.1, 0.15) is 16.1 Å². The van der Waals surface area contributed by atoms with E-state index in [1.54, 1.807) is 24.3 Å². The maximum Gasteiger partial charge on any atom is 0.269 e. The number of nitrogens with zero attached hydrogens (tertiary/aromatic N) is 3. The lowest BCUT2D eigenvalue weighted by Gasteiger charge is -2.18. The first-order chi connectivity index (χ1) is 14.5. The molecule has 30 heavy (non-hydrogen) atoms. The highest BCUT2D eigenvalue weighted by molar-refractivity contribution is 7.23. The molecule has 152 valence electrons. The number of ether oxygens (including phenoxy) is 1. The summed E-state index contributed by atoms with van der Waals surface area (Å²) in [4.78, 5) is 29.7. The van der Waals surface area contributed by atoms with Gasteiger partial charge in [0, 0.05) is 17.7 Å². The molecule has 0 fully saturated rings. The number of nitro groups is 1. The van der Waals surface area contributed by atoms with E-state index >= 15 is 0 Å². The van der Waals surface area contributed by atoms with Crippen LogP contribution in [0.5, 0.6) is 5.75 Å².